The summed E-state index contributed by atoms with van der Waals surface area (Å²) in [7, 11) is 0. The molecule has 0 aliphatic rings. The van der Waals surface area contributed by atoms with E-state index in [0.717, 1.165) is 25.3 Å². The molecule has 1 aromatic carbocycles. The molecule has 17 heavy (non-hydrogen) atoms. The Morgan fingerprint density at radius 3 is 2.65 bits per heavy atom. The Hall–Kier alpha value is -1.19. The second-order valence-electron chi connectivity index (χ2n) is 3.89. The quantitative estimate of drug-likeness (QED) is 0.795. The summed E-state index contributed by atoms with van der Waals surface area (Å²) in [6.07, 6.45) is 3.10. The van der Waals surface area contributed by atoms with Crippen molar-refractivity contribution in [1.82, 2.24) is 4.57 Å². The van der Waals surface area contributed by atoms with Crippen molar-refractivity contribution in [2.24, 2.45) is 5.73 Å². The molecule has 0 radical (unpaired) electrons. The SMILES string of the molecule is NCCc1cccn1CCSc1ccccc1. The maximum absolute atomic E-state index is 5.59. The summed E-state index contributed by atoms with van der Waals surface area (Å²) in [5.41, 5.74) is 6.92. The molecule has 3 heteroatoms. The van der Waals surface area contributed by atoms with Crippen LogP contribution < -0.4 is 5.73 Å². The molecule has 0 aliphatic heterocycles. The van der Waals surface area contributed by atoms with Gasteiger partial charge in [0.05, 0.1) is 0 Å². The maximum atomic E-state index is 5.59. The minimum absolute atomic E-state index is 0.718. The molecule has 2 N–H and O–H groups in total. The van der Waals surface area contributed by atoms with Gasteiger partial charge in [0.1, 0.15) is 0 Å². The Balaban J connectivity index is 1.84. The highest BCUT2D eigenvalue weighted by Crippen LogP contribution is 2.17. The summed E-state index contributed by atoms with van der Waals surface area (Å²) < 4.78 is 2.29. The van der Waals surface area contributed by atoms with Gasteiger partial charge in [-0.3, -0.25) is 0 Å². The first-order valence-corrected chi connectivity index (χ1v) is 6.90. The summed E-state index contributed by atoms with van der Waals surface area (Å²) in [4.78, 5) is 1.33. The van der Waals surface area contributed by atoms with E-state index in [0.29, 0.717) is 0 Å². The third kappa shape index (κ3) is 3.65. The monoisotopic (exact) mass is 246 g/mol. The van der Waals surface area contributed by atoms with Crippen molar-refractivity contribution >= 4 is 11.8 Å². The summed E-state index contributed by atoms with van der Waals surface area (Å²) in [5.74, 6) is 1.09. The fourth-order valence-electron chi connectivity index (χ4n) is 1.82. The highest BCUT2D eigenvalue weighted by molar-refractivity contribution is 7.99. The van der Waals surface area contributed by atoms with Crippen LogP contribution in [0, 0.1) is 0 Å². The van der Waals surface area contributed by atoms with E-state index in [4.69, 9.17) is 5.73 Å². The van der Waals surface area contributed by atoms with Crippen molar-refractivity contribution in [2.45, 2.75) is 17.9 Å². The fraction of sp³-hybridized carbons (Fsp3) is 0.286. The van der Waals surface area contributed by atoms with E-state index in [-0.39, 0.29) is 0 Å². The molecule has 0 fully saturated rings. The van der Waals surface area contributed by atoms with Crippen molar-refractivity contribution in [3.63, 3.8) is 0 Å². The van der Waals surface area contributed by atoms with Crippen LogP contribution in [0.3, 0.4) is 0 Å². The minimum atomic E-state index is 0.718. The first-order chi connectivity index (χ1) is 8.40. The van der Waals surface area contributed by atoms with Crippen LogP contribution in [-0.4, -0.2) is 16.9 Å². The topological polar surface area (TPSA) is 30.9 Å². The Labute approximate surface area is 107 Å². The van der Waals surface area contributed by atoms with Gasteiger partial charge in [0.25, 0.3) is 0 Å². The van der Waals surface area contributed by atoms with Crippen molar-refractivity contribution in [3.8, 4) is 0 Å². The van der Waals surface area contributed by atoms with Crippen LogP contribution in [0.1, 0.15) is 5.69 Å². The third-order valence-electron chi connectivity index (χ3n) is 2.67. The van der Waals surface area contributed by atoms with E-state index in [1.54, 1.807) is 0 Å². The highest BCUT2D eigenvalue weighted by Gasteiger charge is 2.00. The van der Waals surface area contributed by atoms with Crippen LogP contribution in [0.25, 0.3) is 0 Å². The molecule has 0 saturated heterocycles. The number of aromatic nitrogens is 1. The smallest absolute Gasteiger partial charge is 0.0316 e. The van der Waals surface area contributed by atoms with Crippen LogP contribution in [0.4, 0.5) is 0 Å². The molecule has 0 aliphatic carbocycles. The average molecular weight is 246 g/mol. The average Bonchev–Trinajstić information content (AvgIpc) is 2.79. The lowest BCUT2D eigenvalue weighted by atomic mass is 10.3. The second-order valence-corrected chi connectivity index (χ2v) is 5.06. The zero-order valence-electron chi connectivity index (χ0n) is 9.88. The van der Waals surface area contributed by atoms with E-state index in [9.17, 15) is 0 Å². The molecule has 90 valence electrons. The number of aryl methyl sites for hydroxylation is 1. The molecule has 0 amide bonds. The molecule has 1 heterocycles. The van der Waals surface area contributed by atoms with E-state index in [1.165, 1.54) is 10.6 Å². The summed E-state index contributed by atoms with van der Waals surface area (Å²) in [5, 5.41) is 0. The number of hydrogen-bond acceptors (Lipinski definition) is 2. The van der Waals surface area contributed by atoms with E-state index in [2.05, 4.69) is 53.2 Å². The van der Waals surface area contributed by atoms with E-state index >= 15 is 0 Å². The minimum Gasteiger partial charge on any atom is -0.351 e. The Morgan fingerprint density at radius 1 is 1.06 bits per heavy atom. The molecule has 2 nitrogen and oxygen atoms in total. The van der Waals surface area contributed by atoms with Gasteiger partial charge in [-0.1, -0.05) is 18.2 Å². The van der Waals surface area contributed by atoms with Gasteiger partial charge in [-0.05, 0) is 37.2 Å². The third-order valence-corrected chi connectivity index (χ3v) is 3.66. The van der Waals surface area contributed by atoms with Gasteiger partial charge in [0, 0.05) is 29.1 Å². The zero-order chi connectivity index (χ0) is 11.9. The molecule has 0 saturated carbocycles. The van der Waals surface area contributed by atoms with Gasteiger partial charge in [0.15, 0.2) is 0 Å². The van der Waals surface area contributed by atoms with Crippen LogP contribution >= 0.6 is 11.8 Å². The molecule has 0 spiro atoms. The lowest BCUT2D eigenvalue weighted by Crippen LogP contribution is -2.09. The molecule has 0 unspecified atom stereocenters. The number of nitrogens with two attached hydrogens (primary N) is 1. The van der Waals surface area contributed by atoms with Gasteiger partial charge in [-0.2, -0.15) is 0 Å². The van der Waals surface area contributed by atoms with Crippen molar-refractivity contribution in [1.29, 1.82) is 0 Å². The van der Waals surface area contributed by atoms with Crippen LogP contribution in [0.2, 0.25) is 0 Å². The number of rotatable bonds is 6. The second kappa shape index (κ2) is 6.52. The van der Waals surface area contributed by atoms with Gasteiger partial charge in [-0.15, -0.1) is 11.8 Å². The number of thioether (sulfide) groups is 1. The molecular formula is C14H18N2S. The number of nitrogens with zero attached hydrogens (tertiary/aromatic N) is 1. The highest BCUT2D eigenvalue weighted by atomic mass is 32.2. The predicted octanol–water partition coefficient (Wildman–Crippen LogP) is 2.78. The van der Waals surface area contributed by atoms with Crippen LogP contribution in [-0.2, 0) is 13.0 Å². The molecule has 2 rings (SSSR count). The summed E-state index contributed by atoms with van der Waals surface area (Å²) in [6, 6.07) is 14.8. The fourth-order valence-corrected chi connectivity index (χ4v) is 2.69. The Kier molecular flexibility index (Phi) is 4.71. The van der Waals surface area contributed by atoms with Crippen molar-refractivity contribution in [3.05, 3.63) is 54.4 Å². The van der Waals surface area contributed by atoms with Crippen molar-refractivity contribution < 1.29 is 0 Å². The summed E-state index contributed by atoms with van der Waals surface area (Å²) in [6.45, 7) is 1.76. The summed E-state index contributed by atoms with van der Waals surface area (Å²) >= 11 is 1.89. The maximum Gasteiger partial charge on any atom is 0.0316 e. The van der Waals surface area contributed by atoms with Gasteiger partial charge < -0.3 is 10.3 Å². The molecular weight excluding hydrogens is 228 g/mol. The lowest BCUT2D eigenvalue weighted by molar-refractivity contribution is 0.717. The first-order valence-electron chi connectivity index (χ1n) is 5.92. The standard InChI is InChI=1S/C14H18N2S/c15-9-8-13-5-4-10-16(13)11-12-17-14-6-2-1-3-7-14/h1-7,10H,8-9,11-12,15H2. The molecule has 0 atom stereocenters. The van der Waals surface area contributed by atoms with Crippen LogP contribution in [0.5, 0.6) is 0 Å². The van der Waals surface area contributed by atoms with E-state index in [1.807, 2.05) is 11.8 Å². The van der Waals surface area contributed by atoms with Crippen molar-refractivity contribution in [2.75, 3.05) is 12.3 Å². The van der Waals surface area contributed by atoms with E-state index < -0.39 is 0 Å². The first kappa shape index (κ1) is 12.3. The zero-order valence-corrected chi connectivity index (χ0v) is 10.7. The number of benzene rings is 1. The predicted molar refractivity (Wildman–Crippen MR) is 74.4 cm³/mol. The van der Waals surface area contributed by atoms with Gasteiger partial charge in [-0.25, -0.2) is 0 Å². The van der Waals surface area contributed by atoms with Gasteiger partial charge in [0.2, 0.25) is 0 Å². The van der Waals surface area contributed by atoms with Gasteiger partial charge >= 0.3 is 0 Å². The molecule has 1 aromatic heterocycles. The molecule has 0 bridgehead atoms. The largest absolute Gasteiger partial charge is 0.351 e. The Bertz CT molecular complexity index is 436. The molecule has 2 aromatic rings. The normalized spacial score (nSPS) is 10.6. The lowest BCUT2D eigenvalue weighted by Gasteiger charge is -2.08. The Morgan fingerprint density at radius 2 is 1.88 bits per heavy atom. The van der Waals surface area contributed by atoms with Crippen LogP contribution in [0.15, 0.2) is 53.6 Å². The number of hydrogen-bond donors (Lipinski definition) is 1.